The number of hydrogen-bond donors (Lipinski definition) is 3. The molecule has 0 saturated carbocycles. The van der Waals surface area contributed by atoms with E-state index < -0.39 is 5.60 Å². The minimum Gasteiger partial charge on any atom is -0.394 e. The van der Waals surface area contributed by atoms with Gasteiger partial charge in [0.25, 0.3) is 0 Å². The van der Waals surface area contributed by atoms with Crippen molar-refractivity contribution in [1.29, 1.82) is 0 Å². The normalized spacial score (nSPS) is 18.5. The molecule has 0 spiro atoms. The summed E-state index contributed by atoms with van der Waals surface area (Å²) in [6.07, 6.45) is 2.30. The average molecular weight is 268 g/mol. The van der Waals surface area contributed by atoms with E-state index in [2.05, 4.69) is 17.3 Å². The Bertz CT molecular complexity index is 425. The summed E-state index contributed by atoms with van der Waals surface area (Å²) in [5, 5.41) is 18.1. The molecular weight excluding hydrogens is 244 g/mol. The number of nitrogens with two attached hydrogens (primary N) is 1. The Morgan fingerprint density at radius 2 is 2.16 bits per heavy atom. The Labute approximate surface area is 113 Å². The van der Waals surface area contributed by atoms with E-state index in [-0.39, 0.29) is 0 Å². The van der Waals surface area contributed by atoms with Crippen LogP contribution in [0.4, 0.5) is 11.5 Å². The molecule has 0 radical (unpaired) electrons. The number of nitrogens with zero attached hydrogens (tertiary/aromatic N) is 2. The third-order valence-corrected chi connectivity index (χ3v) is 3.62. The van der Waals surface area contributed by atoms with Crippen LogP contribution in [0.15, 0.2) is 0 Å². The minimum absolute atomic E-state index is 0.482. The average Bonchev–Trinajstić information content (AvgIpc) is 2.64. The first kappa shape index (κ1) is 14.1. The number of hydrogen-bond acceptors (Lipinski definition) is 5. The summed E-state index contributed by atoms with van der Waals surface area (Å²) in [6, 6.07) is 0. The Hall–Kier alpha value is -1.27. The molecule has 2 rings (SSSR count). The predicted molar refractivity (Wildman–Crippen MR) is 75.2 cm³/mol. The predicted octanol–water partition coefficient (Wildman–Crippen LogP) is 1.14. The molecule has 108 valence electrons. The number of ether oxygens (including phenoxy) is 1. The molecule has 6 nitrogen and oxygen atoms in total. The summed E-state index contributed by atoms with van der Waals surface area (Å²) in [6.45, 7) is 6.53. The molecular formula is C13H24N4O2. The molecule has 0 amide bonds. The van der Waals surface area contributed by atoms with Crippen LogP contribution in [0.2, 0.25) is 0 Å². The van der Waals surface area contributed by atoms with Crippen molar-refractivity contribution in [2.45, 2.75) is 45.3 Å². The molecule has 1 fully saturated rings. The topological polar surface area (TPSA) is 85.3 Å². The van der Waals surface area contributed by atoms with Crippen molar-refractivity contribution in [1.82, 2.24) is 9.78 Å². The fourth-order valence-electron chi connectivity index (χ4n) is 2.33. The lowest BCUT2D eigenvalue weighted by Crippen LogP contribution is -2.42. The van der Waals surface area contributed by atoms with Gasteiger partial charge in [0.15, 0.2) is 0 Å². The van der Waals surface area contributed by atoms with Gasteiger partial charge in [-0.05, 0) is 13.3 Å². The monoisotopic (exact) mass is 268 g/mol. The number of aromatic nitrogens is 2. The Balaban J connectivity index is 2.05. The van der Waals surface area contributed by atoms with Gasteiger partial charge in [0.2, 0.25) is 0 Å². The molecule has 1 aromatic heterocycles. The van der Waals surface area contributed by atoms with Gasteiger partial charge in [0.05, 0.1) is 17.0 Å². The summed E-state index contributed by atoms with van der Waals surface area (Å²) < 4.78 is 7.16. The lowest BCUT2D eigenvalue weighted by molar-refractivity contribution is -0.0544. The molecule has 0 aliphatic carbocycles. The molecule has 1 saturated heterocycles. The number of nitrogens with one attached hydrogen (secondary N) is 1. The second-order valence-electron chi connectivity index (χ2n) is 5.26. The van der Waals surface area contributed by atoms with Gasteiger partial charge in [-0.1, -0.05) is 6.92 Å². The summed E-state index contributed by atoms with van der Waals surface area (Å²) >= 11 is 0. The van der Waals surface area contributed by atoms with Crippen LogP contribution in [0.5, 0.6) is 0 Å². The van der Waals surface area contributed by atoms with Crippen molar-refractivity contribution >= 4 is 11.5 Å². The van der Waals surface area contributed by atoms with Crippen LogP contribution < -0.4 is 11.1 Å². The first-order valence-electron chi connectivity index (χ1n) is 6.92. The van der Waals surface area contributed by atoms with Crippen molar-refractivity contribution in [3.8, 4) is 0 Å². The van der Waals surface area contributed by atoms with E-state index in [1.165, 1.54) is 0 Å². The van der Waals surface area contributed by atoms with E-state index in [4.69, 9.17) is 10.5 Å². The van der Waals surface area contributed by atoms with E-state index in [0.29, 0.717) is 38.3 Å². The van der Waals surface area contributed by atoms with Crippen molar-refractivity contribution in [3.63, 3.8) is 0 Å². The highest BCUT2D eigenvalue weighted by Gasteiger charge is 2.30. The highest BCUT2D eigenvalue weighted by molar-refractivity contribution is 5.64. The highest BCUT2D eigenvalue weighted by Crippen LogP contribution is 2.26. The molecule has 2 heterocycles. The highest BCUT2D eigenvalue weighted by atomic mass is 16.5. The molecule has 0 bridgehead atoms. The summed E-state index contributed by atoms with van der Waals surface area (Å²) in [5.74, 6) is 0.819. The van der Waals surface area contributed by atoms with Crippen molar-refractivity contribution < 1.29 is 9.84 Å². The van der Waals surface area contributed by atoms with E-state index in [1.807, 2.05) is 11.6 Å². The van der Waals surface area contributed by atoms with Gasteiger partial charge < -0.3 is 20.9 Å². The van der Waals surface area contributed by atoms with Gasteiger partial charge in [-0.25, -0.2) is 4.68 Å². The SMILES string of the molecule is CCCn1nc(C)c(N)c1NCC1(O)CCOCC1. The summed E-state index contributed by atoms with van der Waals surface area (Å²) in [5.41, 5.74) is 6.83. The van der Waals surface area contributed by atoms with Crippen LogP contribution in [0.3, 0.4) is 0 Å². The van der Waals surface area contributed by atoms with Crippen LogP contribution in [0.25, 0.3) is 0 Å². The zero-order valence-electron chi connectivity index (χ0n) is 11.8. The molecule has 19 heavy (non-hydrogen) atoms. The smallest absolute Gasteiger partial charge is 0.148 e. The molecule has 0 unspecified atom stereocenters. The van der Waals surface area contributed by atoms with E-state index >= 15 is 0 Å². The van der Waals surface area contributed by atoms with Gasteiger partial charge in [-0.2, -0.15) is 5.10 Å². The molecule has 6 heteroatoms. The largest absolute Gasteiger partial charge is 0.394 e. The first-order chi connectivity index (χ1) is 9.06. The van der Waals surface area contributed by atoms with Crippen molar-refractivity contribution in [2.24, 2.45) is 0 Å². The molecule has 1 aromatic rings. The van der Waals surface area contributed by atoms with Gasteiger partial charge >= 0.3 is 0 Å². The van der Waals surface area contributed by atoms with Gasteiger partial charge in [-0.15, -0.1) is 0 Å². The number of rotatable bonds is 5. The van der Waals surface area contributed by atoms with Gasteiger partial charge in [-0.3, -0.25) is 0 Å². The third-order valence-electron chi connectivity index (χ3n) is 3.62. The fraction of sp³-hybridized carbons (Fsp3) is 0.769. The molecule has 0 atom stereocenters. The van der Waals surface area contributed by atoms with Gasteiger partial charge in [0, 0.05) is 39.1 Å². The summed E-state index contributed by atoms with van der Waals surface area (Å²) in [7, 11) is 0. The fourth-order valence-corrected chi connectivity index (χ4v) is 2.33. The van der Waals surface area contributed by atoms with E-state index in [9.17, 15) is 5.11 Å². The number of nitrogen functional groups attached to an aromatic ring is 1. The maximum Gasteiger partial charge on any atom is 0.148 e. The zero-order chi connectivity index (χ0) is 13.9. The Kier molecular flexibility index (Phi) is 4.31. The van der Waals surface area contributed by atoms with Crippen LogP contribution in [0.1, 0.15) is 31.9 Å². The van der Waals surface area contributed by atoms with Crippen molar-refractivity contribution in [2.75, 3.05) is 30.8 Å². The van der Waals surface area contributed by atoms with Crippen molar-refractivity contribution in [3.05, 3.63) is 5.69 Å². The molecule has 1 aliphatic heterocycles. The zero-order valence-corrected chi connectivity index (χ0v) is 11.8. The number of aliphatic hydroxyl groups is 1. The molecule has 1 aliphatic rings. The first-order valence-corrected chi connectivity index (χ1v) is 6.92. The maximum absolute atomic E-state index is 10.4. The minimum atomic E-state index is -0.708. The second kappa shape index (κ2) is 5.79. The lowest BCUT2D eigenvalue weighted by atomic mass is 9.94. The molecule has 0 aromatic carbocycles. The van der Waals surface area contributed by atoms with Crippen LogP contribution in [-0.2, 0) is 11.3 Å². The Morgan fingerprint density at radius 3 is 2.79 bits per heavy atom. The van der Waals surface area contributed by atoms with Gasteiger partial charge in [0.1, 0.15) is 5.82 Å². The quantitative estimate of drug-likeness (QED) is 0.745. The standard InChI is InChI=1S/C13H24N4O2/c1-3-6-17-12(11(14)10(2)16-17)15-9-13(18)4-7-19-8-5-13/h15,18H,3-9,14H2,1-2H3. The lowest BCUT2D eigenvalue weighted by Gasteiger charge is -2.32. The van der Waals surface area contributed by atoms with Crippen LogP contribution in [0, 0.1) is 6.92 Å². The number of aryl methyl sites for hydroxylation is 2. The molecule has 4 N–H and O–H groups in total. The van der Waals surface area contributed by atoms with E-state index in [1.54, 1.807) is 0 Å². The number of anilines is 2. The Morgan fingerprint density at radius 1 is 1.47 bits per heavy atom. The maximum atomic E-state index is 10.4. The second-order valence-corrected chi connectivity index (χ2v) is 5.26. The van der Waals surface area contributed by atoms with Crippen LogP contribution >= 0.6 is 0 Å². The van der Waals surface area contributed by atoms with E-state index in [0.717, 1.165) is 24.5 Å². The summed E-state index contributed by atoms with van der Waals surface area (Å²) in [4.78, 5) is 0. The third kappa shape index (κ3) is 3.19. The van der Waals surface area contributed by atoms with Crippen LogP contribution in [-0.4, -0.2) is 40.2 Å².